The molecule has 1 aliphatic rings. The fourth-order valence-corrected chi connectivity index (χ4v) is 6.57. The molecule has 27 heavy (non-hydrogen) atoms. The molecule has 7 heteroatoms. The van der Waals surface area contributed by atoms with Gasteiger partial charge in [0.05, 0.1) is 9.79 Å². The molecule has 0 saturated carbocycles. The van der Waals surface area contributed by atoms with Crippen LogP contribution < -0.4 is 0 Å². The highest BCUT2D eigenvalue weighted by molar-refractivity contribution is 8.04. The van der Waals surface area contributed by atoms with Gasteiger partial charge in [-0.3, -0.25) is 0 Å². The average Bonchev–Trinajstić information content (AvgIpc) is 2.61. The summed E-state index contributed by atoms with van der Waals surface area (Å²) in [6.07, 6.45) is 0. The van der Waals surface area contributed by atoms with Crippen LogP contribution in [-0.4, -0.2) is 7.25 Å². The van der Waals surface area contributed by atoms with Gasteiger partial charge < -0.3 is 17.3 Å². The van der Waals surface area contributed by atoms with Crippen LogP contribution in [0, 0.1) is 13.8 Å². The van der Waals surface area contributed by atoms with Crippen LogP contribution in [0.15, 0.2) is 91.2 Å². The van der Waals surface area contributed by atoms with Gasteiger partial charge in [0.15, 0.2) is 14.7 Å². The van der Waals surface area contributed by atoms with Gasteiger partial charge in [0, 0.05) is 0 Å². The molecule has 0 saturated heterocycles. The minimum Gasteiger partial charge on any atom is -0.418 e. The molecule has 0 radical (unpaired) electrons. The van der Waals surface area contributed by atoms with E-state index in [4.69, 9.17) is 0 Å². The Hall–Kier alpha value is -1.86. The highest BCUT2D eigenvalue weighted by Gasteiger charge is 2.37. The number of halogens is 4. The quantitative estimate of drug-likeness (QED) is 0.183. The molecule has 0 unspecified atom stereocenters. The first-order valence-electron chi connectivity index (χ1n) is 8.29. The SMILES string of the molecule is Cc1ccc([S+]2c3ccccc3Sc3ccccc32)cc1C.F[B-](F)(F)F. The molecule has 4 rings (SSSR count). The summed E-state index contributed by atoms with van der Waals surface area (Å²) in [6.45, 7) is 4.39. The highest BCUT2D eigenvalue weighted by Crippen LogP contribution is 2.48. The zero-order valence-electron chi connectivity index (χ0n) is 14.8. The number of hydrogen-bond donors (Lipinski definition) is 0. The van der Waals surface area contributed by atoms with Crippen molar-refractivity contribution in [2.75, 3.05) is 0 Å². The van der Waals surface area contributed by atoms with E-state index in [1.807, 2.05) is 11.8 Å². The van der Waals surface area contributed by atoms with Crippen molar-refractivity contribution in [1.82, 2.24) is 0 Å². The Morgan fingerprint density at radius 3 is 1.67 bits per heavy atom. The van der Waals surface area contributed by atoms with E-state index in [2.05, 4.69) is 80.6 Å². The molecule has 0 N–H and O–H groups in total. The molecular formula is C20H17BF4S2. The van der Waals surface area contributed by atoms with E-state index in [1.165, 1.54) is 35.6 Å². The molecule has 0 aromatic heterocycles. The average molecular weight is 408 g/mol. The third-order valence-corrected chi connectivity index (χ3v) is 7.80. The Morgan fingerprint density at radius 2 is 1.19 bits per heavy atom. The molecule has 0 atom stereocenters. The summed E-state index contributed by atoms with van der Waals surface area (Å²) in [7, 11) is -6.00. The van der Waals surface area contributed by atoms with Crippen molar-refractivity contribution in [1.29, 1.82) is 0 Å². The lowest BCUT2D eigenvalue weighted by Crippen LogP contribution is -2.11. The van der Waals surface area contributed by atoms with Gasteiger partial charge >= 0.3 is 7.25 Å². The number of benzene rings is 3. The van der Waals surface area contributed by atoms with Crippen LogP contribution in [0.1, 0.15) is 11.1 Å². The fourth-order valence-electron chi connectivity index (χ4n) is 2.74. The van der Waals surface area contributed by atoms with Crippen molar-refractivity contribution >= 4 is 29.9 Å². The van der Waals surface area contributed by atoms with Crippen molar-refractivity contribution in [3.8, 4) is 0 Å². The van der Waals surface area contributed by atoms with E-state index < -0.39 is 7.25 Å². The molecule has 0 aliphatic carbocycles. The van der Waals surface area contributed by atoms with E-state index >= 15 is 0 Å². The maximum atomic E-state index is 9.75. The lowest BCUT2D eigenvalue weighted by Gasteiger charge is -2.19. The predicted molar refractivity (Wildman–Crippen MR) is 105 cm³/mol. The zero-order valence-corrected chi connectivity index (χ0v) is 16.4. The first-order chi connectivity index (χ1) is 12.7. The van der Waals surface area contributed by atoms with Gasteiger partial charge in [-0.15, -0.1) is 0 Å². The molecule has 0 bridgehead atoms. The van der Waals surface area contributed by atoms with Gasteiger partial charge in [0.25, 0.3) is 0 Å². The third kappa shape index (κ3) is 4.90. The fraction of sp³-hybridized carbons (Fsp3) is 0.100. The second-order valence-electron chi connectivity index (χ2n) is 6.04. The molecule has 1 aliphatic heterocycles. The zero-order chi connectivity index (χ0) is 19.6. The normalized spacial score (nSPS) is 13.3. The van der Waals surface area contributed by atoms with Crippen LogP contribution in [0.4, 0.5) is 17.3 Å². The summed E-state index contributed by atoms with van der Waals surface area (Å²) in [5.41, 5.74) is 2.73. The molecule has 140 valence electrons. The number of rotatable bonds is 1. The van der Waals surface area contributed by atoms with E-state index in [1.54, 1.807) is 0 Å². The summed E-state index contributed by atoms with van der Waals surface area (Å²) in [5, 5.41) is 0. The van der Waals surface area contributed by atoms with E-state index in [0.29, 0.717) is 0 Å². The van der Waals surface area contributed by atoms with Crippen LogP contribution in [0.5, 0.6) is 0 Å². The molecule has 0 amide bonds. The molecule has 0 fully saturated rings. The summed E-state index contributed by atoms with van der Waals surface area (Å²) in [5.74, 6) is 0. The van der Waals surface area contributed by atoms with Crippen LogP contribution >= 0.6 is 11.8 Å². The molecule has 0 spiro atoms. The van der Waals surface area contributed by atoms with Crippen molar-refractivity contribution in [3.63, 3.8) is 0 Å². The van der Waals surface area contributed by atoms with Crippen molar-refractivity contribution in [2.24, 2.45) is 0 Å². The maximum Gasteiger partial charge on any atom is 0.673 e. The minimum absolute atomic E-state index is 0.00270. The monoisotopic (exact) mass is 408 g/mol. The largest absolute Gasteiger partial charge is 0.673 e. The third-order valence-electron chi connectivity index (χ3n) is 4.07. The van der Waals surface area contributed by atoms with Gasteiger partial charge in [-0.25, -0.2) is 0 Å². The summed E-state index contributed by atoms with van der Waals surface area (Å²) in [4.78, 5) is 7.11. The maximum absolute atomic E-state index is 9.75. The van der Waals surface area contributed by atoms with Gasteiger partial charge in [0.1, 0.15) is 10.9 Å². The van der Waals surface area contributed by atoms with Gasteiger partial charge in [0.2, 0.25) is 0 Å². The number of hydrogen-bond acceptors (Lipinski definition) is 1. The Bertz CT molecular complexity index is 905. The van der Waals surface area contributed by atoms with Crippen LogP contribution in [0.2, 0.25) is 0 Å². The van der Waals surface area contributed by atoms with E-state index in [0.717, 1.165) is 0 Å². The predicted octanol–water partition coefficient (Wildman–Crippen LogP) is 7.16. The first-order valence-corrected chi connectivity index (χ1v) is 10.3. The van der Waals surface area contributed by atoms with Gasteiger partial charge in [-0.2, -0.15) is 0 Å². The topological polar surface area (TPSA) is 0 Å². The molecule has 3 aromatic carbocycles. The minimum atomic E-state index is -6.00. The molecule has 3 aromatic rings. The molecular weight excluding hydrogens is 391 g/mol. The summed E-state index contributed by atoms with van der Waals surface area (Å²) < 4.78 is 39.0. The molecule has 0 nitrogen and oxygen atoms in total. The Morgan fingerprint density at radius 1 is 0.704 bits per heavy atom. The molecule has 1 heterocycles. The lowest BCUT2D eigenvalue weighted by atomic mass is 10.1. The highest BCUT2D eigenvalue weighted by atomic mass is 32.2. The van der Waals surface area contributed by atoms with Crippen LogP contribution in [-0.2, 0) is 10.9 Å². The Balaban J connectivity index is 0.000000376. The van der Waals surface area contributed by atoms with Crippen molar-refractivity contribution < 1.29 is 17.3 Å². The first kappa shape index (κ1) is 19.9. The number of aryl methyl sites for hydroxylation is 2. The van der Waals surface area contributed by atoms with Crippen molar-refractivity contribution in [2.45, 2.75) is 38.3 Å². The number of fused-ring (bicyclic) bond motifs is 2. The Labute approximate surface area is 163 Å². The smallest absolute Gasteiger partial charge is 0.418 e. The Kier molecular flexibility index (Phi) is 5.91. The van der Waals surface area contributed by atoms with Gasteiger partial charge in [-0.05, 0) is 61.4 Å². The van der Waals surface area contributed by atoms with Crippen LogP contribution in [0.25, 0.3) is 0 Å². The van der Waals surface area contributed by atoms with E-state index in [9.17, 15) is 17.3 Å². The standard InChI is InChI=1S/C20H17S2.BF4/c1-14-11-12-16(13-15(14)2)22-19-9-5-3-7-17(19)21-18-8-4-6-10-20(18)22;2-1(3,4)5/h3-13H,1-2H3;/q+1;-1. The second kappa shape index (κ2) is 8.03. The van der Waals surface area contributed by atoms with Crippen molar-refractivity contribution in [3.05, 3.63) is 77.9 Å². The van der Waals surface area contributed by atoms with Crippen LogP contribution in [0.3, 0.4) is 0 Å². The second-order valence-corrected chi connectivity index (χ2v) is 9.09. The lowest BCUT2D eigenvalue weighted by molar-refractivity contribution is 0.368. The van der Waals surface area contributed by atoms with Gasteiger partial charge in [-0.1, -0.05) is 42.1 Å². The van der Waals surface area contributed by atoms with E-state index in [-0.39, 0.29) is 10.9 Å². The summed E-state index contributed by atoms with van der Waals surface area (Å²) >= 11 is 1.90. The summed E-state index contributed by atoms with van der Waals surface area (Å²) in [6, 6.07) is 24.6.